The second kappa shape index (κ2) is 5.84. The molecule has 0 aromatic carbocycles. The first-order chi connectivity index (χ1) is 7.56. The van der Waals surface area contributed by atoms with E-state index in [1.165, 1.54) is 4.90 Å². The van der Waals surface area contributed by atoms with Gasteiger partial charge in [-0.2, -0.15) is 0 Å². The zero-order valence-corrected chi connectivity index (χ0v) is 9.69. The number of nitrogens with two attached hydrogens (primary N) is 1. The maximum Gasteiger partial charge on any atom is 0.323 e. The molecule has 92 valence electrons. The Labute approximate surface area is 95.6 Å². The molecule has 1 aliphatic rings. The van der Waals surface area contributed by atoms with E-state index in [0.717, 1.165) is 25.7 Å². The van der Waals surface area contributed by atoms with Crippen LogP contribution in [0.5, 0.6) is 0 Å². The summed E-state index contributed by atoms with van der Waals surface area (Å²) < 4.78 is 0. The second-order valence-electron chi connectivity index (χ2n) is 4.31. The molecule has 0 saturated heterocycles. The molecular formula is C11H20N2O3. The summed E-state index contributed by atoms with van der Waals surface area (Å²) in [5, 5.41) is 8.81. The van der Waals surface area contributed by atoms with Crippen LogP contribution < -0.4 is 5.73 Å². The molecule has 1 aliphatic carbocycles. The van der Waals surface area contributed by atoms with Gasteiger partial charge in [0.1, 0.15) is 6.54 Å². The average molecular weight is 228 g/mol. The van der Waals surface area contributed by atoms with Crippen LogP contribution in [0.1, 0.15) is 39.0 Å². The number of nitrogens with zero attached hydrogens (tertiary/aromatic N) is 1. The van der Waals surface area contributed by atoms with Crippen LogP contribution in [0.15, 0.2) is 0 Å². The minimum absolute atomic E-state index is 0.0706. The zero-order chi connectivity index (χ0) is 12.1. The Morgan fingerprint density at radius 3 is 2.44 bits per heavy atom. The second-order valence-corrected chi connectivity index (χ2v) is 4.31. The summed E-state index contributed by atoms with van der Waals surface area (Å²) in [5.41, 5.74) is 5.68. The average Bonchev–Trinajstić information content (AvgIpc) is 2.76. The van der Waals surface area contributed by atoms with Gasteiger partial charge in [-0.05, 0) is 19.3 Å². The van der Waals surface area contributed by atoms with E-state index in [2.05, 4.69) is 0 Å². The van der Waals surface area contributed by atoms with Gasteiger partial charge in [0.2, 0.25) is 5.91 Å². The number of carboxylic acids is 1. The van der Waals surface area contributed by atoms with Crippen LogP contribution in [0.3, 0.4) is 0 Å². The van der Waals surface area contributed by atoms with Crippen LogP contribution in [0, 0.1) is 0 Å². The Kier molecular flexibility index (Phi) is 4.73. The molecular weight excluding hydrogens is 208 g/mol. The van der Waals surface area contributed by atoms with Crippen molar-refractivity contribution < 1.29 is 14.7 Å². The van der Waals surface area contributed by atoms with Gasteiger partial charge in [-0.15, -0.1) is 0 Å². The number of hydrogen-bond acceptors (Lipinski definition) is 3. The lowest BCUT2D eigenvalue weighted by atomic mass is 10.1. The van der Waals surface area contributed by atoms with Crippen LogP contribution in [-0.4, -0.2) is 40.5 Å². The summed E-state index contributed by atoms with van der Waals surface area (Å²) in [6.45, 7) is 1.60. The van der Waals surface area contributed by atoms with Crippen LogP contribution in [0.25, 0.3) is 0 Å². The van der Waals surface area contributed by atoms with E-state index in [1.807, 2.05) is 6.92 Å². The highest BCUT2D eigenvalue weighted by molar-refractivity contribution is 5.85. The minimum Gasteiger partial charge on any atom is -0.480 e. The molecule has 1 amide bonds. The van der Waals surface area contributed by atoms with Gasteiger partial charge < -0.3 is 15.7 Å². The molecule has 0 aliphatic heterocycles. The van der Waals surface area contributed by atoms with Crippen molar-refractivity contribution in [2.45, 2.75) is 51.1 Å². The van der Waals surface area contributed by atoms with Crippen molar-refractivity contribution in [2.75, 3.05) is 6.54 Å². The molecule has 5 nitrogen and oxygen atoms in total. The van der Waals surface area contributed by atoms with Gasteiger partial charge >= 0.3 is 5.97 Å². The molecule has 1 rings (SSSR count). The summed E-state index contributed by atoms with van der Waals surface area (Å²) in [4.78, 5) is 24.1. The molecule has 1 atom stereocenters. The van der Waals surface area contributed by atoms with Crippen molar-refractivity contribution in [3.8, 4) is 0 Å². The van der Waals surface area contributed by atoms with Crippen molar-refractivity contribution >= 4 is 11.9 Å². The smallest absolute Gasteiger partial charge is 0.323 e. The lowest BCUT2D eigenvalue weighted by Crippen LogP contribution is -2.49. The van der Waals surface area contributed by atoms with Gasteiger partial charge in [-0.3, -0.25) is 9.59 Å². The van der Waals surface area contributed by atoms with E-state index >= 15 is 0 Å². The molecule has 1 fully saturated rings. The maximum absolute atomic E-state index is 11.9. The fourth-order valence-electron chi connectivity index (χ4n) is 2.14. The van der Waals surface area contributed by atoms with Crippen LogP contribution in [-0.2, 0) is 9.59 Å². The molecule has 0 radical (unpaired) electrons. The van der Waals surface area contributed by atoms with Crippen LogP contribution in [0.2, 0.25) is 0 Å². The fourth-order valence-corrected chi connectivity index (χ4v) is 2.14. The normalized spacial score (nSPS) is 18.4. The van der Waals surface area contributed by atoms with Crippen LogP contribution in [0.4, 0.5) is 0 Å². The SMILES string of the molecule is CCC(N)C(=O)N(CC(=O)O)C1CCCC1. The molecule has 1 unspecified atom stereocenters. The molecule has 5 heteroatoms. The van der Waals surface area contributed by atoms with Gasteiger partial charge in [0.25, 0.3) is 0 Å². The van der Waals surface area contributed by atoms with E-state index in [4.69, 9.17) is 10.8 Å². The highest BCUT2D eigenvalue weighted by Gasteiger charge is 2.30. The summed E-state index contributed by atoms with van der Waals surface area (Å²) in [5.74, 6) is -1.19. The standard InChI is InChI=1S/C11H20N2O3/c1-2-9(12)11(16)13(7-10(14)15)8-5-3-4-6-8/h8-9H,2-7,12H2,1H3,(H,14,15). The first-order valence-electron chi connectivity index (χ1n) is 5.84. The summed E-state index contributed by atoms with van der Waals surface area (Å²) in [6.07, 6.45) is 4.47. The van der Waals surface area contributed by atoms with E-state index in [0.29, 0.717) is 6.42 Å². The van der Waals surface area contributed by atoms with E-state index in [1.54, 1.807) is 0 Å². The summed E-state index contributed by atoms with van der Waals surface area (Å²) in [6, 6.07) is -0.499. The molecule has 3 N–H and O–H groups in total. The molecule has 0 spiro atoms. The predicted octanol–water partition coefficient (Wildman–Crippen LogP) is 0.579. The third kappa shape index (κ3) is 3.20. The molecule has 1 saturated carbocycles. The highest BCUT2D eigenvalue weighted by atomic mass is 16.4. The highest BCUT2D eigenvalue weighted by Crippen LogP contribution is 2.23. The number of amides is 1. The van der Waals surface area contributed by atoms with Gasteiger partial charge in [-0.1, -0.05) is 19.8 Å². The Morgan fingerprint density at radius 2 is 2.00 bits per heavy atom. The van der Waals surface area contributed by atoms with Gasteiger partial charge in [0.05, 0.1) is 6.04 Å². The third-order valence-electron chi connectivity index (χ3n) is 3.11. The van der Waals surface area contributed by atoms with Crippen LogP contribution >= 0.6 is 0 Å². The van der Waals surface area contributed by atoms with E-state index < -0.39 is 12.0 Å². The van der Waals surface area contributed by atoms with Crippen molar-refractivity contribution in [3.05, 3.63) is 0 Å². The Bertz CT molecular complexity index is 262. The Morgan fingerprint density at radius 1 is 1.44 bits per heavy atom. The van der Waals surface area contributed by atoms with Crippen molar-refractivity contribution in [1.29, 1.82) is 0 Å². The zero-order valence-electron chi connectivity index (χ0n) is 9.69. The summed E-state index contributed by atoms with van der Waals surface area (Å²) >= 11 is 0. The fraction of sp³-hybridized carbons (Fsp3) is 0.818. The number of hydrogen-bond donors (Lipinski definition) is 2. The lowest BCUT2D eigenvalue weighted by molar-refractivity contribution is -0.146. The van der Waals surface area contributed by atoms with Gasteiger partial charge in [0, 0.05) is 6.04 Å². The van der Waals surface area contributed by atoms with Crippen molar-refractivity contribution in [2.24, 2.45) is 5.73 Å². The number of rotatable bonds is 5. The Hall–Kier alpha value is -1.10. The monoisotopic (exact) mass is 228 g/mol. The predicted molar refractivity (Wildman–Crippen MR) is 59.9 cm³/mol. The van der Waals surface area contributed by atoms with E-state index in [9.17, 15) is 9.59 Å². The molecule has 0 heterocycles. The maximum atomic E-state index is 11.9. The third-order valence-corrected chi connectivity index (χ3v) is 3.11. The molecule has 0 bridgehead atoms. The first-order valence-corrected chi connectivity index (χ1v) is 5.84. The minimum atomic E-state index is -0.969. The topological polar surface area (TPSA) is 83.6 Å². The number of aliphatic carboxylic acids is 1. The van der Waals surface area contributed by atoms with E-state index in [-0.39, 0.29) is 18.5 Å². The number of carbonyl (C=O) groups excluding carboxylic acids is 1. The Balaban J connectivity index is 2.69. The quantitative estimate of drug-likeness (QED) is 0.721. The largest absolute Gasteiger partial charge is 0.480 e. The summed E-state index contributed by atoms with van der Waals surface area (Å²) in [7, 11) is 0. The number of carbonyl (C=O) groups is 2. The van der Waals surface area contributed by atoms with Crippen molar-refractivity contribution in [1.82, 2.24) is 4.90 Å². The number of carboxylic acid groups (broad SMARTS) is 1. The molecule has 0 aromatic rings. The van der Waals surface area contributed by atoms with Gasteiger partial charge in [-0.25, -0.2) is 0 Å². The first kappa shape index (κ1) is 13.0. The lowest BCUT2D eigenvalue weighted by Gasteiger charge is -2.29. The van der Waals surface area contributed by atoms with Gasteiger partial charge in [0.15, 0.2) is 0 Å². The molecule has 16 heavy (non-hydrogen) atoms. The van der Waals surface area contributed by atoms with Crippen molar-refractivity contribution in [3.63, 3.8) is 0 Å². The molecule has 0 aromatic heterocycles.